The summed E-state index contributed by atoms with van der Waals surface area (Å²) in [6, 6.07) is 8.19. The highest BCUT2D eigenvalue weighted by Gasteiger charge is 2.31. The molecule has 8 heteroatoms. The van der Waals surface area contributed by atoms with E-state index in [0.29, 0.717) is 11.1 Å². The molecule has 0 fully saturated rings. The molecule has 0 unspecified atom stereocenters. The zero-order chi connectivity index (χ0) is 15.6. The summed E-state index contributed by atoms with van der Waals surface area (Å²) >= 11 is 5.74. The summed E-state index contributed by atoms with van der Waals surface area (Å²) in [7, 11) is 0. The van der Waals surface area contributed by atoms with Gasteiger partial charge in [0.15, 0.2) is 0 Å². The van der Waals surface area contributed by atoms with Crippen LogP contribution >= 0.6 is 24.0 Å². The van der Waals surface area contributed by atoms with Crippen LogP contribution in [0.5, 0.6) is 5.75 Å². The number of nitrogens with two attached hydrogens (primary N) is 1. The van der Waals surface area contributed by atoms with Gasteiger partial charge in [-0.1, -0.05) is 23.7 Å². The molecule has 22 heavy (non-hydrogen) atoms. The molecule has 0 aliphatic heterocycles. The fourth-order valence-electron chi connectivity index (χ4n) is 1.82. The van der Waals surface area contributed by atoms with Crippen LogP contribution in [0.1, 0.15) is 17.2 Å². The lowest BCUT2D eigenvalue weighted by atomic mass is 9.99. The molecule has 2 nitrogen and oxygen atoms in total. The molecule has 2 aromatic carbocycles. The average Bonchev–Trinajstić information content (AvgIpc) is 2.35. The van der Waals surface area contributed by atoms with Crippen molar-refractivity contribution in [3.8, 4) is 5.75 Å². The van der Waals surface area contributed by atoms with Crippen LogP contribution in [0.2, 0.25) is 5.02 Å². The highest BCUT2D eigenvalue weighted by molar-refractivity contribution is 6.30. The van der Waals surface area contributed by atoms with Gasteiger partial charge in [-0.2, -0.15) is 0 Å². The quantitative estimate of drug-likeness (QED) is 0.799. The van der Waals surface area contributed by atoms with Crippen molar-refractivity contribution in [2.45, 2.75) is 12.4 Å². The Hall–Kier alpha value is -1.50. The van der Waals surface area contributed by atoms with Gasteiger partial charge in [-0.3, -0.25) is 0 Å². The molecule has 2 N–H and O–H groups in total. The number of rotatable bonds is 3. The number of hydrogen-bond acceptors (Lipinski definition) is 2. The first-order chi connectivity index (χ1) is 9.74. The summed E-state index contributed by atoms with van der Waals surface area (Å²) in [6.45, 7) is 0. The molecule has 0 bridgehead atoms. The minimum absolute atomic E-state index is 0. The summed E-state index contributed by atoms with van der Waals surface area (Å²) in [5, 5.41) is 0.192. The van der Waals surface area contributed by atoms with Crippen molar-refractivity contribution in [1.82, 2.24) is 0 Å². The number of alkyl halides is 3. The molecule has 0 radical (unpaired) electrons. The van der Waals surface area contributed by atoms with Gasteiger partial charge >= 0.3 is 6.36 Å². The maximum Gasteiger partial charge on any atom is 0.573 e. The van der Waals surface area contributed by atoms with Crippen LogP contribution in [-0.4, -0.2) is 6.36 Å². The Balaban J connectivity index is 0.00000242. The number of hydrogen-bond donors (Lipinski definition) is 1. The van der Waals surface area contributed by atoms with E-state index in [1.54, 1.807) is 0 Å². The van der Waals surface area contributed by atoms with E-state index in [1.807, 2.05) is 0 Å². The van der Waals surface area contributed by atoms with Gasteiger partial charge in [-0.05, 0) is 41.5 Å². The summed E-state index contributed by atoms with van der Waals surface area (Å²) in [5.41, 5.74) is 6.87. The van der Waals surface area contributed by atoms with Gasteiger partial charge in [0.25, 0.3) is 0 Å². The van der Waals surface area contributed by atoms with Crippen LogP contribution < -0.4 is 10.5 Å². The first kappa shape index (κ1) is 18.5. The first-order valence-corrected chi connectivity index (χ1v) is 6.20. The van der Waals surface area contributed by atoms with Crippen LogP contribution in [-0.2, 0) is 0 Å². The van der Waals surface area contributed by atoms with Crippen molar-refractivity contribution >= 4 is 24.0 Å². The minimum Gasteiger partial charge on any atom is -0.406 e. The lowest BCUT2D eigenvalue weighted by molar-refractivity contribution is -0.274. The van der Waals surface area contributed by atoms with Gasteiger partial charge in [0.1, 0.15) is 11.6 Å². The fourth-order valence-corrected chi connectivity index (χ4v) is 2.05. The lowest BCUT2D eigenvalue weighted by Gasteiger charge is -2.14. The Labute approximate surface area is 135 Å². The molecule has 0 heterocycles. The van der Waals surface area contributed by atoms with Crippen LogP contribution in [0.25, 0.3) is 0 Å². The van der Waals surface area contributed by atoms with E-state index >= 15 is 0 Å². The molecule has 0 aliphatic rings. The SMILES string of the molecule is Cl.N[C@H](c1ccc(OC(F)(F)F)cc1)c1cc(F)cc(Cl)c1. The van der Waals surface area contributed by atoms with E-state index in [0.717, 1.165) is 18.2 Å². The van der Waals surface area contributed by atoms with Gasteiger partial charge in [0.2, 0.25) is 0 Å². The standard InChI is InChI=1S/C14H10ClF4NO.ClH/c15-10-5-9(6-11(16)7-10)13(20)8-1-3-12(4-2-8)21-14(17,18)19;/h1-7,13H,20H2;1H/t13-;/m1./s1. The largest absolute Gasteiger partial charge is 0.573 e. The maximum atomic E-state index is 13.3. The fraction of sp³-hybridized carbons (Fsp3) is 0.143. The van der Waals surface area contributed by atoms with Crippen molar-refractivity contribution in [2.24, 2.45) is 5.73 Å². The summed E-state index contributed by atoms with van der Waals surface area (Å²) in [6.07, 6.45) is -4.75. The molecular weight excluding hydrogens is 345 g/mol. The van der Waals surface area contributed by atoms with E-state index in [1.165, 1.54) is 24.3 Å². The topological polar surface area (TPSA) is 35.2 Å². The van der Waals surface area contributed by atoms with E-state index in [9.17, 15) is 17.6 Å². The third-order valence-corrected chi connectivity index (χ3v) is 2.94. The van der Waals surface area contributed by atoms with Crippen molar-refractivity contribution in [1.29, 1.82) is 0 Å². The summed E-state index contributed by atoms with van der Waals surface area (Å²) < 4.78 is 53.2. The van der Waals surface area contributed by atoms with Gasteiger partial charge in [-0.15, -0.1) is 25.6 Å². The molecule has 2 rings (SSSR count). The van der Waals surface area contributed by atoms with Gasteiger partial charge in [-0.25, -0.2) is 4.39 Å². The molecule has 2 aromatic rings. The number of benzene rings is 2. The second-order valence-electron chi connectivity index (χ2n) is 4.30. The third-order valence-electron chi connectivity index (χ3n) is 2.72. The Morgan fingerprint density at radius 2 is 1.59 bits per heavy atom. The van der Waals surface area contributed by atoms with Crippen LogP contribution in [0.4, 0.5) is 17.6 Å². The smallest absolute Gasteiger partial charge is 0.406 e. The molecule has 120 valence electrons. The Bertz CT molecular complexity index is 611. The van der Waals surface area contributed by atoms with E-state index in [4.69, 9.17) is 17.3 Å². The Morgan fingerprint density at radius 1 is 1.00 bits per heavy atom. The monoisotopic (exact) mass is 355 g/mol. The zero-order valence-corrected chi connectivity index (χ0v) is 12.5. The zero-order valence-electron chi connectivity index (χ0n) is 10.9. The van der Waals surface area contributed by atoms with Gasteiger partial charge < -0.3 is 10.5 Å². The summed E-state index contributed by atoms with van der Waals surface area (Å²) in [5.74, 6) is -0.888. The van der Waals surface area contributed by atoms with Crippen LogP contribution in [0, 0.1) is 5.82 Å². The van der Waals surface area contributed by atoms with Crippen molar-refractivity contribution in [3.05, 3.63) is 64.4 Å². The Kier molecular flexibility index (Phi) is 6.05. The predicted molar refractivity (Wildman–Crippen MR) is 77.8 cm³/mol. The highest BCUT2D eigenvalue weighted by Crippen LogP contribution is 2.27. The van der Waals surface area contributed by atoms with Gasteiger partial charge in [0, 0.05) is 5.02 Å². The van der Waals surface area contributed by atoms with Gasteiger partial charge in [0.05, 0.1) is 6.04 Å². The molecular formula is C14H11Cl2F4NO. The molecule has 0 saturated carbocycles. The van der Waals surface area contributed by atoms with E-state index in [-0.39, 0.29) is 23.2 Å². The van der Waals surface area contributed by atoms with Crippen molar-refractivity contribution < 1.29 is 22.3 Å². The third kappa shape index (κ3) is 5.05. The highest BCUT2D eigenvalue weighted by atomic mass is 35.5. The first-order valence-electron chi connectivity index (χ1n) is 5.82. The molecule has 0 aromatic heterocycles. The van der Waals surface area contributed by atoms with Crippen LogP contribution in [0.3, 0.4) is 0 Å². The molecule has 0 amide bonds. The second kappa shape index (κ2) is 7.17. The molecule has 0 saturated heterocycles. The number of halogens is 6. The molecule has 0 spiro atoms. The lowest BCUT2D eigenvalue weighted by Crippen LogP contribution is -2.17. The molecule has 0 aliphatic carbocycles. The predicted octanol–water partition coefficient (Wildman–Crippen LogP) is 4.85. The minimum atomic E-state index is -4.75. The molecule has 1 atom stereocenters. The van der Waals surface area contributed by atoms with Crippen molar-refractivity contribution in [3.63, 3.8) is 0 Å². The van der Waals surface area contributed by atoms with E-state index < -0.39 is 18.2 Å². The maximum absolute atomic E-state index is 13.3. The van der Waals surface area contributed by atoms with Crippen LogP contribution in [0.15, 0.2) is 42.5 Å². The Morgan fingerprint density at radius 3 is 2.09 bits per heavy atom. The number of ether oxygens (including phenoxy) is 1. The van der Waals surface area contributed by atoms with E-state index in [2.05, 4.69) is 4.74 Å². The second-order valence-corrected chi connectivity index (χ2v) is 4.73. The average molecular weight is 356 g/mol. The summed E-state index contributed by atoms with van der Waals surface area (Å²) in [4.78, 5) is 0. The normalized spacial score (nSPS) is 12.5. The van der Waals surface area contributed by atoms with Crippen molar-refractivity contribution in [2.75, 3.05) is 0 Å².